The van der Waals surface area contributed by atoms with E-state index in [-0.39, 0.29) is 16.9 Å². The Morgan fingerprint density at radius 1 is 1.00 bits per heavy atom. The third-order valence-electron chi connectivity index (χ3n) is 2.53. The van der Waals surface area contributed by atoms with Crippen molar-refractivity contribution >= 4 is 40.0 Å². The summed E-state index contributed by atoms with van der Waals surface area (Å²) in [6.07, 6.45) is 1.22. The Morgan fingerprint density at radius 2 is 1.68 bits per heavy atom. The predicted molar refractivity (Wildman–Crippen MR) is 78.8 cm³/mol. The first-order chi connectivity index (χ1) is 9.02. The summed E-state index contributed by atoms with van der Waals surface area (Å²) in [7, 11) is 0. The van der Waals surface area contributed by atoms with E-state index >= 15 is 0 Å². The van der Waals surface area contributed by atoms with E-state index in [4.69, 9.17) is 0 Å². The predicted octanol–water partition coefficient (Wildman–Crippen LogP) is 5.10. The first-order valence-corrected chi connectivity index (χ1v) is 6.43. The Balaban J connectivity index is 2.39. The second-order valence-corrected chi connectivity index (χ2v) is 5.03. The average Bonchev–Trinajstić information content (AvgIpc) is 2.38. The number of benzene rings is 2. The highest BCUT2D eigenvalue weighted by Crippen LogP contribution is 2.26. The summed E-state index contributed by atoms with van der Waals surface area (Å²) < 4.78 is 41.6. The highest BCUT2D eigenvalue weighted by atomic mass is 127. The highest BCUT2D eigenvalue weighted by Gasteiger charge is 2.13. The number of anilines is 2. The van der Waals surface area contributed by atoms with Gasteiger partial charge in [-0.25, -0.2) is 13.2 Å². The summed E-state index contributed by atoms with van der Waals surface area (Å²) in [5.41, 5.74) is 0.0272. The minimum Gasteiger partial charge on any atom is -0.351 e. The Kier molecular flexibility index (Phi) is 4.14. The molecular formula is C14H9F3IN. The molecule has 0 aromatic heterocycles. The first-order valence-electron chi connectivity index (χ1n) is 5.35. The van der Waals surface area contributed by atoms with Crippen molar-refractivity contribution in [2.24, 2.45) is 0 Å². The van der Waals surface area contributed by atoms with Gasteiger partial charge in [0.2, 0.25) is 0 Å². The zero-order chi connectivity index (χ0) is 14.0. The van der Waals surface area contributed by atoms with E-state index < -0.39 is 17.5 Å². The normalized spacial score (nSPS) is 10.3. The van der Waals surface area contributed by atoms with Crippen LogP contribution in [0.5, 0.6) is 0 Å². The van der Waals surface area contributed by atoms with Crippen LogP contribution >= 0.6 is 22.6 Å². The Labute approximate surface area is 122 Å². The van der Waals surface area contributed by atoms with Crippen LogP contribution in [0.15, 0.2) is 36.9 Å². The standard InChI is InChI=1S/C14H9F3IN/c1-2-8-3-5-12(14(17)13(8)16)19-11-6-4-9(18)7-10(11)15/h2-7,19H,1H2. The van der Waals surface area contributed by atoms with Crippen molar-refractivity contribution in [2.75, 3.05) is 5.32 Å². The van der Waals surface area contributed by atoms with Crippen LogP contribution in [0.2, 0.25) is 0 Å². The SMILES string of the molecule is C=Cc1ccc(Nc2ccc(I)cc2F)c(F)c1F. The van der Waals surface area contributed by atoms with Crippen molar-refractivity contribution in [2.45, 2.75) is 0 Å². The lowest BCUT2D eigenvalue weighted by Gasteiger charge is -2.10. The summed E-state index contributed by atoms with van der Waals surface area (Å²) in [6, 6.07) is 7.15. The molecule has 0 bridgehead atoms. The Morgan fingerprint density at radius 3 is 2.32 bits per heavy atom. The van der Waals surface area contributed by atoms with Gasteiger partial charge in [0.05, 0.1) is 11.4 Å². The van der Waals surface area contributed by atoms with Gasteiger partial charge in [0.15, 0.2) is 11.6 Å². The molecule has 98 valence electrons. The molecule has 0 aliphatic heterocycles. The quantitative estimate of drug-likeness (QED) is 0.737. The van der Waals surface area contributed by atoms with Crippen LogP contribution in [-0.2, 0) is 0 Å². The van der Waals surface area contributed by atoms with Crippen molar-refractivity contribution < 1.29 is 13.2 Å². The molecule has 2 aromatic carbocycles. The number of hydrogen-bond donors (Lipinski definition) is 1. The molecule has 0 fully saturated rings. The molecule has 2 aromatic rings. The molecule has 5 heteroatoms. The van der Waals surface area contributed by atoms with Crippen LogP contribution < -0.4 is 5.32 Å². The highest BCUT2D eigenvalue weighted by molar-refractivity contribution is 14.1. The zero-order valence-electron chi connectivity index (χ0n) is 9.68. The van der Waals surface area contributed by atoms with Crippen LogP contribution in [0, 0.1) is 21.0 Å². The fraction of sp³-hybridized carbons (Fsp3) is 0. The van der Waals surface area contributed by atoms with Crippen LogP contribution in [0.25, 0.3) is 6.08 Å². The third kappa shape index (κ3) is 2.91. The van der Waals surface area contributed by atoms with Gasteiger partial charge in [0.25, 0.3) is 0 Å². The first kappa shape index (κ1) is 13.9. The molecule has 0 atom stereocenters. The summed E-state index contributed by atoms with van der Waals surface area (Å²) >= 11 is 1.96. The van der Waals surface area contributed by atoms with Gasteiger partial charge in [-0.05, 0) is 52.9 Å². The van der Waals surface area contributed by atoms with Crippen molar-refractivity contribution in [3.8, 4) is 0 Å². The van der Waals surface area contributed by atoms with E-state index in [2.05, 4.69) is 11.9 Å². The molecule has 0 unspecified atom stereocenters. The van der Waals surface area contributed by atoms with Gasteiger partial charge in [0, 0.05) is 9.13 Å². The van der Waals surface area contributed by atoms with Gasteiger partial charge >= 0.3 is 0 Å². The van der Waals surface area contributed by atoms with Crippen molar-refractivity contribution in [1.29, 1.82) is 0 Å². The minimum atomic E-state index is -1.06. The topological polar surface area (TPSA) is 12.0 Å². The van der Waals surface area contributed by atoms with Gasteiger partial charge < -0.3 is 5.32 Å². The summed E-state index contributed by atoms with van der Waals surface area (Å²) in [6.45, 7) is 3.38. The summed E-state index contributed by atoms with van der Waals surface area (Å²) in [5, 5.41) is 2.53. The van der Waals surface area contributed by atoms with Gasteiger partial charge in [-0.3, -0.25) is 0 Å². The Hall–Kier alpha value is -1.50. The fourth-order valence-electron chi connectivity index (χ4n) is 1.55. The van der Waals surface area contributed by atoms with Crippen molar-refractivity contribution in [3.63, 3.8) is 0 Å². The molecule has 0 aliphatic rings. The second-order valence-electron chi connectivity index (χ2n) is 3.78. The van der Waals surface area contributed by atoms with Crippen LogP contribution in [0.1, 0.15) is 5.56 Å². The van der Waals surface area contributed by atoms with Gasteiger partial charge in [-0.2, -0.15) is 0 Å². The largest absolute Gasteiger partial charge is 0.351 e. The number of nitrogens with one attached hydrogen (secondary N) is 1. The average molecular weight is 375 g/mol. The summed E-state index contributed by atoms with van der Waals surface area (Å²) in [5.74, 6) is -2.60. The zero-order valence-corrected chi connectivity index (χ0v) is 11.8. The molecular weight excluding hydrogens is 366 g/mol. The molecule has 2 rings (SSSR count). The molecule has 19 heavy (non-hydrogen) atoms. The monoisotopic (exact) mass is 375 g/mol. The molecule has 0 saturated carbocycles. The van der Waals surface area contributed by atoms with Crippen molar-refractivity contribution in [3.05, 3.63) is 63.5 Å². The van der Waals surface area contributed by atoms with Crippen LogP contribution in [0.4, 0.5) is 24.5 Å². The smallest absolute Gasteiger partial charge is 0.182 e. The Bertz CT molecular complexity index is 641. The molecule has 0 aliphatic carbocycles. The lowest BCUT2D eigenvalue weighted by atomic mass is 10.1. The van der Waals surface area contributed by atoms with Gasteiger partial charge in [0.1, 0.15) is 5.82 Å². The molecule has 1 N–H and O–H groups in total. The number of rotatable bonds is 3. The second kappa shape index (κ2) is 5.64. The van der Waals surface area contributed by atoms with Crippen LogP contribution in [0.3, 0.4) is 0 Å². The molecule has 1 nitrogen and oxygen atoms in total. The van der Waals surface area contributed by atoms with E-state index in [9.17, 15) is 13.2 Å². The van der Waals surface area contributed by atoms with E-state index in [0.29, 0.717) is 3.57 Å². The van der Waals surface area contributed by atoms with Gasteiger partial charge in [-0.1, -0.05) is 12.7 Å². The fourth-order valence-corrected chi connectivity index (χ4v) is 2.01. The number of hydrogen-bond acceptors (Lipinski definition) is 1. The molecule has 0 saturated heterocycles. The van der Waals surface area contributed by atoms with Gasteiger partial charge in [-0.15, -0.1) is 0 Å². The third-order valence-corrected chi connectivity index (χ3v) is 3.20. The lowest BCUT2D eigenvalue weighted by Crippen LogP contribution is -2.00. The van der Waals surface area contributed by atoms with Crippen molar-refractivity contribution in [1.82, 2.24) is 0 Å². The molecule has 0 amide bonds. The molecule has 0 spiro atoms. The van der Waals surface area contributed by atoms with E-state index in [1.165, 1.54) is 30.3 Å². The maximum absolute atomic E-state index is 13.7. The summed E-state index contributed by atoms with van der Waals surface area (Å²) in [4.78, 5) is 0. The van der Waals surface area contributed by atoms with E-state index in [1.807, 2.05) is 22.6 Å². The number of halogens is 4. The van der Waals surface area contributed by atoms with E-state index in [1.54, 1.807) is 6.07 Å². The maximum atomic E-state index is 13.7. The van der Waals surface area contributed by atoms with Crippen LogP contribution in [-0.4, -0.2) is 0 Å². The maximum Gasteiger partial charge on any atom is 0.182 e. The van der Waals surface area contributed by atoms with E-state index in [0.717, 1.165) is 0 Å². The molecule has 0 radical (unpaired) electrons. The lowest BCUT2D eigenvalue weighted by molar-refractivity contribution is 0.510. The minimum absolute atomic E-state index is 0.0612. The molecule has 0 heterocycles.